The van der Waals surface area contributed by atoms with Crippen LogP contribution in [0, 0.1) is 5.92 Å². The van der Waals surface area contributed by atoms with Crippen molar-refractivity contribution < 1.29 is 24.6 Å². The number of aliphatic carboxylic acids is 2. The van der Waals surface area contributed by atoms with E-state index in [2.05, 4.69) is 5.32 Å². The summed E-state index contributed by atoms with van der Waals surface area (Å²) < 4.78 is 0. The quantitative estimate of drug-likeness (QED) is 0.327. The van der Waals surface area contributed by atoms with E-state index in [1.807, 2.05) is 86.6 Å². The molecule has 0 saturated heterocycles. The first-order chi connectivity index (χ1) is 17.7. The van der Waals surface area contributed by atoms with Gasteiger partial charge in [0.05, 0.1) is 6.04 Å². The maximum absolute atomic E-state index is 13.8. The zero-order chi connectivity index (χ0) is 26.9. The summed E-state index contributed by atoms with van der Waals surface area (Å²) in [6.45, 7) is 5.08. The molecule has 0 unspecified atom stereocenters. The van der Waals surface area contributed by atoms with Crippen LogP contribution in [0.15, 0.2) is 84.9 Å². The highest BCUT2D eigenvalue weighted by molar-refractivity contribution is 6.02. The van der Waals surface area contributed by atoms with Crippen LogP contribution in [-0.2, 0) is 20.8 Å². The summed E-state index contributed by atoms with van der Waals surface area (Å²) in [5, 5.41) is 22.7. The molecule has 3 rings (SSSR count). The van der Waals surface area contributed by atoms with Gasteiger partial charge in [0.1, 0.15) is 12.1 Å². The number of rotatable bonds is 12. The lowest BCUT2D eigenvalue weighted by Gasteiger charge is -2.34. The zero-order valence-electron chi connectivity index (χ0n) is 21.4. The van der Waals surface area contributed by atoms with Crippen molar-refractivity contribution in [3.63, 3.8) is 0 Å². The lowest BCUT2D eigenvalue weighted by molar-refractivity contribution is -0.142. The highest BCUT2D eigenvalue weighted by atomic mass is 16.4. The molecule has 3 atom stereocenters. The molecule has 0 radical (unpaired) electrons. The third-order valence-electron chi connectivity index (χ3n) is 6.41. The van der Waals surface area contributed by atoms with Crippen LogP contribution in [-0.4, -0.2) is 46.2 Å². The topological polar surface area (TPSA) is 107 Å². The van der Waals surface area contributed by atoms with Crippen molar-refractivity contribution in [2.24, 2.45) is 5.92 Å². The minimum absolute atomic E-state index is 0.279. The Morgan fingerprint density at radius 3 is 1.81 bits per heavy atom. The summed E-state index contributed by atoms with van der Waals surface area (Å²) in [5.74, 6) is -2.97. The maximum Gasteiger partial charge on any atom is 0.326 e. The second-order valence-corrected chi connectivity index (χ2v) is 9.44. The minimum atomic E-state index is -1.15. The van der Waals surface area contributed by atoms with Crippen LogP contribution in [0.5, 0.6) is 0 Å². The number of hydrogen-bond acceptors (Lipinski definition) is 4. The number of carboxylic acid groups (broad SMARTS) is 2. The second kappa shape index (κ2) is 12.8. The molecule has 194 valence electrons. The number of benzene rings is 3. The van der Waals surface area contributed by atoms with Gasteiger partial charge in [-0.05, 0) is 54.5 Å². The summed E-state index contributed by atoms with van der Waals surface area (Å²) in [5.41, 5.74) is 3.37. The molecule has 7 heteroatoms. The van der Waals surface area contributed by atoms with Crippen LogP contribution >= 0.6 is 0 Å². The highest BCUT2D eigenvalue weighted by Crippen LogP contribution is 2.26. The van der Waals surface area contributed by atoms with Crippen LogP contribution in [0.25, 0.3) is 11.1 Å². The van der Waals surface area contributed by atoms with Crippen molar-refractivity contribution in [2.75, 3.05) is 4.90 Å². The Balaban J connectivity index is 1.87. The van der Waals surface area contributed by atoms with Gasteiger partial charge in [-0.15, -0.1) is 0 Å². The van der Waals surface area contributed by atoms with Gasteiger partial charge in [0.25, 0.3) is 0 Å². The van der Waals surface area contributed by atoms with Crippen LogP contribution in [0.1, 0.15) is 32.8 Å². The van der Waals surface area contributed by atoms with E-state index >= 15 is 0 Å². The fourth-order valence-electron chi connectivity index (χ4n) is 4.25. The standard InChI is InChI=1S/C30H34N2O5/c1-20(2)27(31-26(30(36)37)19-14-22-10-6-4-7-11-22)28(33)32(21(3)29(34)35)25-17-15-24(16-18-25)23-12-8-5-9-13-23/h4-13,15-18,20-21,26-27,31H,14,19H2,1-3H3,(H,34,35)(H,36,37)/t21-,26-,27-/m0/s1. The lowest BCUT2D eigenvalue weighted by atomic mass is 9.98. The first-order valence-electron chi connectivity index (χ1n) is 12.4. The molecule has 0 fully saturated rings. The summed E-state index contributed by atoms with van der Waals surface area (Å²) in [7, 11) is 0. The molecule has 0 saturated carbocycles. The molecule has 0 aliphatic heterocycles. The van der Waals surface area contributed by atoms with Gasteiger partial charge in [-0.1, -0.05) is 86.6 Å². The van der Waals surface area contributed by atoms with E-state index in [4.69, 9.17) is 0 Å². The van der Waals surface area contributed by atoms with Gasteiger partial charge in [-0.3, -0.25) is 19.8 Å². The number of carbonyl (C=O) groups is 3. The van der Waals surface area contributed by atoms with Gasteiger partial charge in [-0.25, -0.2) is 4.79 Å². The van der Waals surface area contributed by atoms with Crippen molar-refractivity contribution in [3.8, 4) is 11.1 Å². The molecule has 3 aromatic rings. The van der Waals surface area contributed by atoms with E-state index in [1.165, 1.54) is 11.8 Å². The highest BCUT2D eigenvalue weighted by Gasteiger charge is 2.36. The SMILES string of the molecule is CC(C)[C@H](N[C@@H](CCc1ccccc1)C(=O)O)C(=O)N(c1ccc(-c2ccccc2)cc1)[C@@H](C)C(=O)O. The van der Waals surface area contributed by atoms with Crippen LogP contribution in [0.4, 0.5) is 5.69 Å². The summed E-state index contributed by atoms with van der Waals surface area (Å²) in [4.78, 5) is 39.1. The van der Waals surface area contributed by atoms with Gasteiger partial charge < -0.3 is 10.2 Å². The Kier molecular flexibility index (Phi) is 9.57. The summed E-state index contributed by atoms with van der Waals surface area (Å²) in [6.07, 6.45) is 0.816. The first kappa shape index (κ1) is 27.6. The Bertz CT molecular complexity index is 1180. The van der Waals surface area contributed by atoms with E-state index in [-0.39, 0.29) is 12.3 Å². The number of nitrogens with one attached hydrogen (secondary N) is 1. The Hall–Kier alpha value is -3.97. The number of amides is 1. The van der Waals surface area contributed by atoms with E-state index < -0.39 is 36.0 Å². The molecule has 0 aliphatic rings. The normalized spacial score (nSPS) is 13.5. The predicted molar refractivity (Wildman–Crippen MR) is 144 cm³/mol. The van der Waals surface area contributed by atoms with Crippen molar-refractivity contribution in [2.45, 2.75) is 51.7 Å². The Labute approximate surface area is 217 Å². The molecule has 37 heavy (non-hydrogen) atoms. The molecule has 1 amide bonds. The number of anilines is 1. The molecule has 0 bridgehead atoms. The van der Waals surface area contributed by atoms with Gasteiger partial charge in [0, 0.05) is 5.69 Å². The predicted octanol–water partition coefficient (Wildman–Crippen LogP) is 4.86. The van der Waals surface area contributed by atoms with Gasteiger partial charge in [0.2, 0.25) is 5.91 Å². The van der Waals surface area contributed by atoms with Gasteiger partial charge in [-0.2, -0.15) is 0 Å². The molecule has 3 N–H and O–H groups in total. The average Bonchev–Trinajstić information content (AvgIpc) is 2.89. The largest absolute Gasteiger partial charge is 0.480 e. The minimum Gasteiger partial charge on any atom is -0.480 e. The molecule has 0 aromatic heterocycles. The van der Waals surface area contributed by atoms with Crippen LogP contribution in [0.3, 0.4) is 0 Å². The van der Waals surface area contributed by atoms with E-state index in [0.29, 0.717) is 12.1 Å². The number of nitrogens with zero attached hydrogens (tertiary/aromatic N) is 1. The monoisotopic (exact) mass is 502 g/mol. The third-order valence-corrected chi connectivity index (χ3v) is 6.41. The van der Waals surface area contributed by atoms with E-state index in [1.54, 1.807) is 12.1 Å². The molecule has 7 nitrogen and oxygen atoms in total. The van der Waals surface area contributed by atoms with Crippen molar-refractivity contribution in [1.29, 1.82) is 0 Å². The number of carboxylic acids is 2. The smallest absolute Gasteiger partial charge is 0.326 e. The van der Waals surface area contributed by atoms with E-state index in [0.717, 1.165) is 16.7 Å². The average molecular weight is 503 g/mol. The zero-order valence-corrected chi connectivity index (χ0v) is 21.4. The third kappa shape index (κ3) is 7.27. The number of hydrogen-bond donors (Lipinski definition) is 3. The maximum atomic E-state index is 13.8. The second-order valence-electron chi connectivity index (χ2n) is 9.44. The summed E-state index contributed by atoms with van der Waals surface area (Å²) in [6, 6.07) is 23.4. The molecule has 0 aliphatic carbocycles. The fourth-order valence-corrected chi connectivity index (χ4v) is 4.25. The molecule has 0 spiro atoms. The van der Waals surface area contributed by atoms with Crippen LogP contribution in [0.2, 0.25) is 0 Å². The van der Waals surface area contributed by atoms with Gasteiger partial charge in [0.15, 0.2) is 0 Å². The van der Waals surface area contributed by atoms with Crippen molar-refractivity contribution >= 4 is 23.5 Å². The van der Waals surface area contributed by atoms with Crippen LogP contribution < -0.4 is 10.2 Å². The molecular formula is C30H34N2O5. The van der Waals surface area contributed by atoms with Crippen molar-refractivity contribution in [3.05, 3.63) is 90.5 Å². The lowest BCUT2D eigenvalue weighted by Crippen LogP contribution is -2.57. The number of carbonyl (C=O) groups excluding carboxylic acids is 1. The Morgan fingerprint density at radius 2 is 1.30 bits per heavy atom. The van der Waals surface area contributed by atoms with Crippen molar-refractivity contribution in [1.82, 2.24) is 5.32 Å². The van der Waals surface area contributed by atoms with Gasteiger partial charge >= 0.3 is 11.9 Å². The van der Waals surface area contributed by atoms with E-state index in [9.17, 15) is 24.6 Å². The number of aryl methyl sites for hydroxylation is 1. The summed E-state index contributed by atoms with van der Waals surface area (Å²) >= 11 is 0. The Morgan fingerprint density at radius 1 is 0.757 bits per heavy atom. The first-order valence-corrected chi connectivity index (χ1v) is 12.4. The molecule has 0 heterocycles. The molecular weight excluding hydrogens is 468 g/mol. The molecule has 3 aromatic carbocycles. The fraction of sp³-hybridized carbons (Fsp3) is 0.300.